The summed E-state index contributed by atoms with van der Waals surface area (Å²) in [4.78, 5) is 18.7. The molecule has 2 N–H and O–H groups in total. The van der Waals surface area contributed by atoms with Gasteiger partial charge >= 0.3 is 6.61 Å². The molecule has 10 heteroatoms. The number of nitriles is 1. The molecular weight excluding hydrogens is 387 g/mol. The molecule has 3 rings (SSSR count). The Kier molecular flexibility index (Phi) is 5.89. The predicted molar refractivity (Wildman–Crippen MR) is 99.3 cm³/mol. The molecule has 0 bridgehead atoms. The molecule has 0 spiro atoms. The Balaban J connectivity index is 1.87. The van der Waals surface area contributed by atoms with Crippen LogP contribution < -0.4 is 15.7 Å². The Bertz CT molecular complexity index is 1140. The van der Waals surface area contributed by atoms with Crippen LogP contribution in [-0.4, -0.2) is 22.8 Å². The van der Waals surface area contributed by atoms with E-state index in [1.807, 2.05) is 0 Å². The summed E-state index contributed by atoms with van der Waals surface area (Å²) in [6.45, 7) is -3.05. The van der Waals surface area contributed by atoms with Gasteiger partial charge in [-0.25, -0.2) is 14.8 Å². The number of H-pyrrole nitrogens is 1. The quantitative estimate of drug-likeness (QED) is 0.488. The molecule has 29 heavy (non-hydrogen) atoms. The Morgan fingerprint density at radius 2 is 2.00 bits per heavy atom. The fraction of sp³-hybridized carbons (Fsp3) is 0.0526. The maximum absolute atomic E-state index is 13.8. The van der Waals surface area contributed by atoms with Crippen molar-refractivity contribution in [2.75, 3.05) is 5.43 Å². The van der Waals surface area contributed by atoms with Gasteiger partial charge in [0.2, 0.25) is 5.95 Å². The molecule has 1 heterocycles. The minimum atomic E-state index is -3.05. The number of aromatic nitrogens is 2. The molecule has 0 atom stereocenters. The molecule has 0 fully saturated rings. The van der Waals surface area contributed by atoms with Crippen LogP contribution in [0, 0.1) is 17.1 Å². The summed E-state index contributed by atoms with van der Waals surface area (Å²) in [6, 6.07) is 13.4. The van der Waals surface area contributed by atoms with E-state index in [1.165, 1.54) is 0 Å². The molecule has 0 radical (unpaired) electrons. The van der Waals surface area contributed by atoms with Gasteiger partial charge in [-0.1, -0.05) is 30.3 Å². The zero-order valence-electron chi connectivity index (χ0n) is 14.6. The van der Waals surface area contributed by atoms with Gasteiger partial charge < -0.3 is 4.74 Å². The second-order valence-electron chi connectivity index (χ2n) is 5.55. The first-order valence-electron chi connectivity index (χ1n) is 8.11. The Morgan fingerprint density at radius 3 is 2.69 bits per heavy atom. The summed E-state index contributed by atoms with van der Waals surface area (Å²) in [7, 11) is 0. The normalized spacial score (nSPS) is 10.9. The maximum atomic E-state index is 13.8. The second-order valence-corrected chi connectivity index (χ2v) is 5.55. The van der Waals surface area contributed by atoms with Gasteiger partial charge in [0.25, 0.3) is 5.56 Å². The third-order valence-corrected chi connectivity index (χ3v) is 3.65. The van der Waals surface area contributed by atoms with Crippen molar-refractivity contribution in [3.05, 3.63) is 75.8 Å². The van der Waals surface area contributed by atoms with Gasteiger partial charge in [0, 0.05) is 11.1 Å². The number of ether oxygens (including phenoxy) is 1. The number of hydrogen-bond donors (Lipinski definition) is 2. The number of benzene rings is 2. The van der Waals surface area contributed by atoms with Gasteiger partial charge in [-0.15, -0.1) is 0 Å². The average molecular weight is 399 g/mol. The first-order chi connectivity index (χ1) is 14.0. The van der Waals surface area contributed by atoms with Crippen LogP contribution in [0.1, 0.15) is 11.1 Å². The van der Waals surface area contributed by atoms with E-state index in [9.17, 15) is 23.2 Å². The highest BCUT2D eigenvalue weighted by molar-refractivity contribution is 5.81. The fourth-order valence-electron chi connectivity index (χ4n) is 2.39. The fourth-order valence-corrected chi connectivity index (χ4v) is 2.39. The van der Waals surface area contributed by atoms with Crippen LogP contribution in [0.4, 0.5) is 19.1 Å². The molecule has 0 aliphatic carbocycles. The molecular formula is C19H12F3N5O2. The molecule has 0 saturated heterocycles. The number of aromatic amines is 1. The van der Waals surface area contributed by atoms with Crippen molar-refractivity contribution < 1.29 is 17.9 Å². The number of alkyl halides is 2. The number of nitrogens with zero attached hydrogens (tertiary/aromatic N) is 3. The van der Waals surface area contributed by atoms with E-state index >= 15 is 0 Å². The molecule has 0 unspecified atom stereocenters. The highest BCUT2D eigenvalue weighted by Crippen LogP contribution is 2.20. The third-order valence-electron chi connectivity index (χ3n) is 3.65. The zero-order chi connectivity index (χ0) is 20.8. The zero-order valence-corrected chi connectivity index (χ0v) is 14.6. The molecule has 2 aromatic carbocycles. The lowest BCUT2D eigenvalue weighted by Crippen LogP contribution is -2.16. The van der Waals surface area contributed by atoms with E-state index in [0.717, 1.165) is 24.4 Å². The molecule has 3 aromatic rings. The summed E-state index contributed by atoms with van der Waals surface area (Å²) >= 11 is 0. The van der Waals surface area contributed by atoms with Crippen molar-refractivity contribution in [1.82, 2.24) is 9.97 Å². The van der Waals surface area contributed by atoms with Gasteiger partial charge in [-0.3, -0.25) is 9.78 Å². The summed E-state index contributed by atoms with van der Waals surface area (Å²) in [5, 5.41) is 13.0. The minimum Gasteiger partial charge on any atom is -0.435 e. The Labute approximate surface area is 162 Å². The molecule has 0 saturated carbocycles. The average Bonchev–Trinajstić information content (AvgIpc) is 2.70. The van der Waals surface area contributed by atoms with Gasteiger partial charge in [0.15, 0.2) is 0 Å². The van der Waals surface area contributed by atoms with Crippen molar-refractivity contribution in [1.29, 1.82) is 5.26 Å². The van der Waals surface area contributed by atoms with Gasteiger partial charge in [-0.2, -0.15) is 19.1 Å². The molecule has 0 aliphatic rings. The summed E-state index contributed by atoms with van der Waals surface area (Å²) in [5.41, 5.74) is 2.13. The third kappa shape index (κ3) is 4.78. The number of hydrazone groups is 1. The molecule has 1 aromatic heterocycles. The van der Waals surface area contributed by atoms with Crippen LogP contribution >= 0.6 is 0 Å². The molecule has 0 amide bonds. The lowest BCUT2D eigenvalue weighted by atomic mass is 10.1. The van der Waals surface area contributed by atoms with Crippen LogP contribution in [-0.2, 0) is 0 Å². The van der Waals surface area contributed by atoms with Crippen LogP contribution in [0.5, 0.6) is 5.75 Å². The van der Waals surface area contributed by atoms with Crippen molar-refractivity contribution in [2.24, 2.45) is 5.10 Å². The van der Waals surface area contributed by atoms with Crippen LogP contribution in [0.2, 0.25) is 0 Å². The maximum Gasteiger partial charge on any atom is 0.387 e. The first kappa shape index (κ1) is 19.6. The summed E-state index contributed by atoms with van der Waals surface area (Å²) < 4.78 is 42.6. The predicted octanol–water partition coefficient (Wildman–Crippen LogP) is 3.50. The second kappa shape index (κ2) is 8.71. The van der Waals surface area contributed by atoms with Gasteiger partial charge in [-0.05, 0) is 18.2 Å². The highest BCUT2D eigenvalue weighted by atomic mass is 19.3. The van der Waals surface area contributed by atoms with Crippen LogP contribution in [0.25, 0.3) is 11.3 Å². The minimum absolute atomic E-state index is 0.0931. The molecule has 0 aliphatic heterocycles. The van der Waals surface area contributed by atoms with E-state index in [0.29, 0.717) is 5.56 Å². The van der Waals surface area contributed by atoms with E-state index < -0.39 is 18.0 Å². The number of nitrogens with one attached hydrogen (secondary N) is 2. The van der Waals surface area contributed by atoms with Crippen molar-refractivity contribution >= 4 is 12.2 Å². The SMILES string of the molecule is N#Cc1c(-c2ccccc2)nc(NN=Cc2cc(OC(F)F)ccc2F)[nH]c1=O. The molecule has 7 nitrogen and oxygen atoms in total. The lowest BCUT2D eigenvalue weighted by molar-refractivity contribution is -0.0498. The number of anilines is 1. The van der Waals surface area contributed by atoms with Gasteiger partial charge in [0.05, 0.1) is 11.9 Å². The van der Waals surface area contributed by atoms with Crippen LogP contribution in [0.15, 0.2) is 58.4 Å². The standard InChI is InChI=1S/C19H12F3N5O2/c20-15-7-6-13(29-18(21)22)8-12(15)10-24-27-19-25-16(11-4-2-1-3-5-11)14(9-23)17(28)26-19/h1-8,10,18H,(H2,25,26,27,28). The van der Waals surface area contributed by atoms with Gasteiger partial charge in [0.1, 0.15) is 23.2 Å². The van der Waals surface area contributed by atoms with E-state index in [2.05, 4.69) is 25.2 Å². The van der Waals surface area contributed by atoms with E-state index in [4.69, 9.17) is 0 Å². The highest BCUT2D eigenvalue weighted by Gasteiger charge is 2.13. The molecule has 146 valence electrons. The number of rotatable bonds is 6. The Hall–Kier alpha value is -4.13. The Morgan fingerprint density at radius 1 is 1.24 bits per heavy atom. The van der Waals surface area contributed by atoms with Crippen molar-refractivity contribution in [3.8, 4) is 23.1 Å². The van der Waals surface area contributed by atoms with E-state index in [-0.39, 0.29) is 28.5 Å². The smallest absolute Gasteiger partial charge is 0.387 e. The summed E-state index contributed by atoms with van der Waals surface area (Å²) in [6.07, 6.45) is 1.01. The monoisotopic (exact) mass is 399 g/mol. The van der Waals surface area contributed by atoms with Crippen molar-refractivity contribution in [2.45, 2.75) is 6.61 Å². The van der Waals surface area contributed by atoms with Crippen molar-refractivity contribution in [3.63, 3.8) is 0 Å². The van der Waals surface area contributed by atoms with E-state index in [1.54, 1.807) is 36.4 Å². The number of halogens is 3. The lowest BCUT2D eigenvalue weighted by Gasteiger charge is -2.07. The largest absolute Gasteiger partial charge is 0.435 e. The first-order valence-corrected chi connectivity index (χ1v) is 8.11. The van der Waals surface area contributed by atoms with Crippen LogP contribution in [0.3, 0.4) is 0 Å². The number of hydrogen-bond acceptors (Lipinski definition) is 6. The topological polar surface area (TPSA) is 103 Å². The summed E-state index contributed by atoms with van der Waals surface area (Å²) in [5.74, 6) is -1.05.